The number of nitrogens with zero attached hydrogens (tertiary/aromatic N) is 3. The standard InChI is InChI=1S/C23H24N3/c1-15-14-16(2)22(26-13-9-8-10-17(26)3)18(4)21(15)23-19-11-6-7-12-20(19)24-25(23)5/h6-14H,1-5H3/q+1. The maximum Gasteiger partial charge on any atom is 0.217 e. The fraction of sp³-hybridized carbons (Fsp3) is 0.217. The zero-order chi connectivity index (χ0) is 18.4. The molecule has 3 heteroatoms. The van der Waals surface area contributed by atoms with Crippen LogP contribution in [0.2, 0.25) is 0 Å². The molecular weight excluding hydrogens is 318 g/mol. The molecular formula is C23H24N3+. The minimum absolute atomic E-state index is 1.04. The van der Waals surface area contributed by atoms with Crippen molar-refractivity contribution in [3.63, 3.8) is 0 Å². The van der Waals surface area contributed by atoms with Crippen LogP contribution in [-0.4, -0.2) is 9.78 Å². The first-order valence-electron chi connectivity index (χ1n) is 8.99. The van der Waals surface area contributed by atoms with Gasteiger partial charge in [0.25, 0.3) is 0 Å². The summed E-state index contributed by atoms with van der Waals surface area (Å²) in [4.78, 5) is 0. The Morgan fingerprint density at radius 1 is 0.885 bits per heavy atom. The number of fused-ring (bicyclic) bond motifs is 1. The number of benzene rings is 2. The number of aromatic nitrogens is 3. The quantitative estimate of drug-likeness (QED) is 0.482. The summed E-state index contributed by atoms with van der Waals surface area (Å²) < 4.78 is 4.30. The lowest BCUT2D eigenvalue weighted by Gasteiger charge is -2.15. The lowest BCUT2D eigenvalue weighted by Crippen LogP contribution is -2.35. The zero-order valence-electron chi connectivity index (χ0n) is 16.0. The molecule has 3 nitrogen and oxygen atoms in total. The molecule has 0 N–H and O–H groups in total. The Labute approximate surface area is 154 Å². The summed E-state index contributed by atoms with van der Waals surface area (Å²) in [6.45, 7) is 8.77. The average Bonchev–Trinajstić information content (AvgIpc) is 2.92. The second-order valence-electron chi connectivity index (χ2n) is 7.06. The molecule has 130 valence electrons. The van der Waals surface area contributed by atoms with Crippen LogP contribution < -0.4 is 4.57 Å². The van der Waals surface area contributed by atoms with E-state index in [1.807, 2.05) is 17.8 Å². The van der Waals surface area contributed by atoms with Crippen molar-refractivity contribution in [3.05, 3.63) is 77.1 Å². The van der Waals surface area contributed by atoms with Crippen molar-refractivity contribution in [3.8, 4) is 16.9 Å². The Morgan fingerprint density at radius 3 is 2.38 bits per heavy atom. The number of aryl methyl sites for hydroxylation is 4. The Bertz CT molecular complexity index is 1140. The predicted molar refractivity (Wildman–Crippen MR) is 107 cm³/mol. The topological polar surface area (TPSA) is 21.7 Å². The number of hydrogen-bond donors (Lipinski definition) is 0. The maximum atomic E-state index is 4.72. The molecule has 0 aliphatic heterocycles. The van der Waals surface area contributed by atoms with Crippen LogP contribution in [0.25, 0.3) is 27.8 Å². The SMILES string of the molecule is Cc1cc(C)c(-[n+]2ccccc2C)c(C)c1-c1c2ccccc2nn1C. The molecule has 4 aromatic rings. The number of hydrogen-bond acceptors (Lipinski definition) is 1. The Kier molecular flexibility index (Phi) is 3.87. The zero-order valence-corrected chi connectivity index (χ0v) is 16.0. The summed E-state index contributed by atoms with van der Waals surface area (Å²) in [7, 11) is 2.04. The molecule has 2 aromatic carbocycles. The van der Waals surface area contributed by atoms with E-state index in [4.69, 9.17) is 5.10 Å². The summed E-state index contributed by atoms with van der Waals surface area (Å²) in [6.07, 6.45) is 2.14. The van der Waals surface area contributed by atoms with Gasteiger partial charge in [-0.2, -0.15) is 9.67 Å². The molecule has 0 radical (unpaired) electrons. The van der Waals surface area contributed by atoms with Crippen LogP contribution >= 0.6 is 0 Å². The van der Waals surface area contributed by atoms with Gasteiger partial charge in [0.15, 0.2) is 11.9 Å². The Morgan fingerprint density at radius 2 is 1.62 bits per heavy atom. The van der Waals surface area contributed by atoms with Gasteiger partial charge in [-0.1, -0.05) is 24.3 Å². The van der Waals surface area contributed by atoms with Crippen LogP contribution in [0.4, 0.5) is 0 Å². The van der Waals surface area contributed by atoms with Crippen LogP contribution in [0.1, 0.15) is 22.4 Å². The highest BCUT2D eigenvalue weighted by atomic mass is 15.3. The van der Waals surface area contributed by atoms with E-state index in [1.165, 1.54) is 44.7 Å². The van der Waals surface area contributed by atoms with Gasteiger partial charge in [-0.25, -0.2) is 0 Å². The number of rotatable bonds is 2. The van der Waals surface area contributed by atoms with Crippen LogP contribution in [0, 0.1) is 27.7 Å². The van der Waals surface area contributed by atoms with E-state index in [2.05, 4.69) is 80.9 Å². The second kappa shape index (κ2) is 6.10. The van der Waals surface area contributed by atoms with E-state index in [1.54, 1.807) is 0 Å². The van der Waals surface area contributed by atoms with Crippen molar-refractivity contribution in [1.82, 2.24) is 9.78 Å². The smallest absolute Gasteiger partial charge is 0.217 e. The molecule has 0 saturated carbocycles. The van der Waals surface area contributed by atoms with Gasteiger partial charge in [-0.05, 0) is 38.5 Å². The van der Waals surface area contributed by atoms with Gasteiger partial charge in [0.2, 0.25) is 5.69 Å². The van der Waals surface area contributed by atoms with Crippen molar-refractivity contribution in [2.45, 2.75) is 27.7 Å². The van der Waals surface area contributed by atoms with Gasteiger partial charge in [-0.15, -0.1) is 0 Å². The monoisotopic (exact) mass is 342 g/mol. The lowest BCUT2D eigenvalue weighted by atomic mass is 9.93. The second-order valence-corrected chi connectivity index (χ2v) is 7.06. The maximum absolute atomic E-state index is 4.72. The summed E-state index contributed by atoms with van der Waals surface area (Å²) in [6, 6.07) is 17.0. The minimum Gasteiger partial charge on any atom is -0.267 e. The fourth-order valence-electron chi connectivity index (χ4n) is 4.13. The Balaban J connectivity index is 2.09. The summed E-state index contributed by atoms with van der Waals surface area (Å²) in [5, 5.41) is 5.92. The van der Waals surface area contributed by atoms with Gasteiger partial charge in [0, 0.05) is 48.2 Å². The van der Waals surface area contributed by atoms with Gasteiger partial charge >= 0.3 is 0 Å². The average molecular weight is 342 g/mol. The third kappa shape index (κ3) is 2.43. The number of pyridine rings is 1. The van der Waals surface area contributed by atoms with Gasteiger partial charge in [0.1, 0.15) is 0 Å². The highest BCUT2D eigenvalue weighted by Crippen LogP contribution is 2.35. The minimum atomic E-state index is 1.04. The third-order valence-corrected chi connectivity index (χ3v) is 5.21. The summed E-state index contributed by atoms with van der Waals surface area (Å²) in [5.41, 5.74) is 9.84. The van der Waals surface area contributed by atoms with Crippen molar-refractivity contribution in [2.24, 2.45) is 7.05 Å². The molecule has 0 atom stereocenters. The largest absolute Gasteiger partial charge is 0.267 e. The molecule has 26 heavy (non-hydrogen) atoms. The normalized spacial score (nSPS) is 11.3. The highest BCUT2D eigenvalue weighted by molar-refractivity contribution is 5.95. The first-order valence-corrected chi connectivity index (χ1v) is 8.99. The molecule has 0 aliphatic carbocycles. The van der Waals surface area contributed by atoms with Gasteiger partial charge in [0.05, 0.1) is 11.2 Å². The van der Waals surface area contributed by atoms with E-state index in [0.29, 0.717) is 0 Å². The molecule has 0 bridgehead atoms. The molecule has 0 saturated heterocycles. The highest BCUT2D eigenvalue weighted by Gasteiger charge is 2.24. The molecule has 0 fully saturated rings. The van der Waals surface area contributed by atoms with Crippen LogP contribution in [0.3, 0.4) is 0 Å². The van der Waals surface area contributed by atoms with Crippen molar-refractivity contribution in [1.29, 1.82) is 0 Å². The van der Waals surface area contributed by atoms with E-state index < -0.39 is 0 Å². The van der Waals surface area contributed by atoms with E-state index in [-0.39, 0.29) is 0 Å². The molecule has 0 spiro atoms. The molecule has 0 unspecified atom stereocenters. The molecule has 0 aliphatic rings. The predicted octanol–water partition coefficient (Wildman–Crippen LogP) is 4.75. The van der Waals surface area contributed by atoms with Crippen molar-refractivity contribution in [2.75, 3.05) is 0 Å². The van der Waals surface area contributed by atoms with E-state index in [9.17, 15) is 0 Å². The third-order valence-electron chi connectivity index (χ3n) is 5.21. The summed E-state index contributed by atoms with van der Waals surface area (Å²) >= 11 is 0. The van der Waals surface area contributed by atoms with E-state index >= 15 is 0 Å². The fourth-order valence-corrected chi connectivity index (χ4v) is 4.13. The van der Waals surface area contributed by atoms with Gasteiger partial charge < -0.3 is 0 Å². The molecule has 4 rings (SSSR count). The van der Waals surface area contributed by atoms with Gasteiger partial charge in [-0.3, -0.25) is 4.68 Å². The summed E-state index contributed by atoms with van der Waals surface area (Å²) in [5.74, 6) is 0. The molecule has 2 aromatic heterocycles. The first-order chi connectivity index (χ1) is 12.5. The Hall–Kier alpha value is -2.94. The molecule has 2 heterocycles. The van der Waals surface area contributed by atoms with Crippen LogP contribution in [0.15, 0.2) is 54.7 Å². The molecule has 0 amide bonds. The van der Waals surface area contributed by atoms with Crippen molar-refractivity contribution >= 4 is 10.9 Å². The van der Waals surface area contributed by atoms with Crippen LogP contribution in [0.5, 0.6) is 0 Å². The van der Waals surface area contributed by atoms with Crippen LogP contribution in [-0.2, 0) is 7.05 Å². The van der Waals surface area contributed by atoms with Crippen molar-refractivity contribution < 1.29 is 4.57 Å². The lowest BCUT2D eigenvalue weighted by molar-refractivity contribution is -0.603. The van der Waals surface area contributed by atoms with E-state index in [0.717, 1.165) is 5.52 Å². The first kappa shape index (κ1) is 16.5.